The highest BCUT2D eigenvalue weighted by Crippen LogP contribution is 2.07. The maximum atomic E-state index is 12.3. The van der Waals surface area contributed by atoms with Crippen LogP contribution in [0.1, 0.15) is 54.4 Å². The molecule has 164 valence electrons. The maximum Gasteiger partial charge on any atom is 0.414 e. The van der Waals surface area contributed by atoms with E-state index in [4.69, 9.17) is 15.2 Å². The fraction of sp³-hybridized carbons (Fsp3) is 0.833. The van der Waals surface area contributed by atoms with Gasteiger partial charge in [-0.25, -0.2) is 9.59 Å². The number of hydrogen-bond acceptors (Lipinski definition) is 8. The smallest absolute Gasteiger partial charge is 0.414 e. The van der Waals surface area contributed by atoms with Gasteiger partial charge in [-0.15, -0.1) is 0 Å². The van der Waals surface area contributed by atoms with Crippen molar-refractivity contribution in [2.45, 2.75) is 77.7 Å². The first-order valence-corrected chi connectivity index (χ1v) is 9.35. The third kappa shape index (κ3) is 14.2. The quantitative estimate of drug-likeness (QED) is 0.375. The Hall–Kier alpha value is -1.91. The van der Waals surface area contributed by atoms with Gasteiger partial charge in [0.15, 0.2) is 0 Å². The number of aliphatic hydroxyl groups is 1. The minimum atomic E-state index is -0.956. The normalized spacial score (nSPS) is 14.0. The number of hydrogen-bond donors (Lipinski definition) is 5. The molecule has 0 fully saturated rings. The van der Waals surface area contributed by atoms with E-state index in [9.17, 15) is 19.5 Å². The molecule has 0 aromatic rings. The Bertz CT molecular complexity index is 513. The Balaban J connectivity index is 4.52. The third-order valence-electron chi connectivity index (χ3n) is 3.12. The molecule has 0 aromatic heterocycles. The van der Waals surface area contributed by atoms with Crippen molar-refractivity contribution in [2.24, 2.45) is 5.73 Å². The highest BCUT2D eigenvalue weighted by atomic mass is 16.6. The molecule has 28 heavy (non-hydrogen) atoms. The summed E-state index contributed by atoms with van der Waals surface area (Å²) in [5, 5.41) is 17.5. The number of amides is 3. The summed E-state index contributed by atoms with van der Waals surface area (Å²) in [5.74, 6) is -0.574. The van der Waals surface area contributed by atoms with Gasteiger partial charge in [-0.1, -0.05) is 0 Å². The second-order valence-corrected chi connectivity index (χ2v) is 8.42. The molecule has 2 atom stereocenters. The van der Waals surface area contributed by atoms with Crippen molar-refractivity contribution >= 4 is 18.1 Å². The lowest BCUT2D eigenvalue weighted by atomic mass is 10.1. The van der Waals surface area contributed by atoms with Crippen molar-refractivity contribution in [2.75, 3.05) is 19.6 Å². The SMILES string of the molecule is CC(C)(C)OC(=O)NCC(O)CN[C@@H](CCCN)C(=O)NC(=O)OC(C)(C)C. The standard InChI is InChI=1S/C18H36N4O6/c1-17(2,3)27-15(25)21-11-12(23)10-20-13(8-7-9-19)14(24)22-16(26)28-18(4,5)6/h12-13,20,23H,7-11,19H2,1-6H3,(H,21,25)(H,22,24,26)/t12?,13-/m0/s1. The zero-order valence-electron chi connectivity index (χ0n) is 17.8. The molecule has 3 amide bonds. The van der Waals surface area contributed by atoms with Gasteiger partial charge in [0.05, 0.1) is 12.1 Å². The summed E-state index contributed by atoms with van der Waals surface area (Å²) in [6.45, 7) is 10.6. The predicted octanol–water partition coefficient (Wildman–Crippen LogP) is 0.620. The second kappa shape index (κ2) is 11.8. The average molecular weight is 405 g/mol. The summed E-state index contributed by atoms with van der Waals surface area (Å²) >= 11 is 0. The van der Waals surface area contributed by atoms with E-state index in [1.165, 1.54) is 0 Å². The van der Waals surface area contributed by atoms with Crippen LogP contribution in [0.4, 0.5) is 9.59 Å². The van der Waals surface area contributed by atoms with E-state index >= 15 is 0 Å². The van der Waals surface area contributed by atoms with Crippen molar-refractivity contribution in [1.29, 1.82) is 0 Å². The largest absolute Gasteiger partial charge is 0.444 e. The van der Waals surface area contributed by atoms with Crippen molar-refractivity contribution in [1.82, 2.24) is 16.0 Å². The lowest BCUT2D eigenvalue weighted by Gasteiger charge is -2.23. The Morgan fingerprint density at radius 2 is 1.50 bits per heavy atom. The molecule has 0 spiro atoms. The van der Waals surface area contributed by atoms with E-state index in [0.29, 0.717) is 19.4 Å². The summed E-state index contributed by atoms with van der Waals surface area (Å²) in [7, 11) is 0. The fourth-order valence-electron chi connectivity index (χ4n) is 2.00. The van der Waals surface area contributed by atoms with Crippen molar-refractivity contribution in [3.63, 3.8) is 0 Å². The molecule has 10 nitrogen and oxygen atoms in total. The van der Waals surface area contributed by atoms with E-state index in [-0.39, 0.29) is 13.1 Å². The summed E-state index contributed by atoms with van der Waals surface area (Å²) < 4.78 is 10.1. The molecule has 10 heteroatoms. The maximum absolute atomic E-state index is 12.3. The lowest BCUT2D eigenvalue weighted by molar-refractivity contribution is -0.123. The molecule has 1 unspecified atom stereocenters. The number of imide groups is 1. The molecule has 0 bridgehead atoms. The van der Waals surface area contributed by atoms with Crippen LogP contribution in [0.25, 0.3) is 0 Å². The molecule has 0 aliphatic rings. The molecule has 0 aliphatic heterocycles. The molecule has 0 aliphatic carbocycles. The van der Waals surface area contributed by atoms with Crippen LogP contribution in [-0.2, 0) is 14.3 Å². The first kappa shape index (κ1) is 26.1. The molecule has 0 rings (SSSR count). The van der Waals surface area contributed by atoms with Crippen molar-refractivity contribution in [3.05, 3.63) is 0 Å². The van der Waals surface area contributed by atoms with Gasteiger partial charge >= 0.3 is 12.2 Å². The Kier molecular flexibility index (Phi) is 11.0. The van der Waals surface area contributed by atoms with Gasteiger partial charge in [-0.2, -0.15) is 0 Å². The number of rotatable bonds is 9. The highest BCUT2D eigenvalue weighted by molar-refractivity contribution is 5.94. The van der Waals surface area contributed by atoms with Crippen LogP contribution in [-0.4, -0.2) is 66.2 Å². The van der Waals surface area contributed by atoms with E-state index in [1.54, 1.807) is 41.5 Å². The average Bonchev–Trinajstić information content (AvgIpc) is 2.49. The molecule has 0 saturated carbocycles. The van der Waals surface area contributed by atoms with Gasteiger partial charge in [0.1, 0.15) is 11.2 Å². The Morgan fingerprint density at radius 1 is 0.964 bits per heavy atom. The van der Waals surface area contributed by atoms with Crippen LogP contribution in [0.5, 0.6) is 0 Å². The number of carbonyl (C=O) groups excluding carboxylic acids is 3. The first-order valence-electron chi connectivity index (χ1n) is 9.35. The third-order valence-corrected chi connectivity index (χ3v) is 3.12. The number of alkyl carbamates (subject to hydrolysis) is 2. The van der Waals surface area contributed by atoms with Crippen LogP contribution >= 0.6 is 0 Å². The van der Waals surface area contributed by atoms with Gasteiger partial charge in [-0.05, 0) is 60.9 Å². The van der Waals surface area contributed by atoms with E-state index in [0.717, 1.165) is 0 Å². The summed E-state index contributed by atoms with van der Waals surface area (Å²) in [4.78, 5) is 35.6. The monoisotopic (exact) mass is 404 g/mol. The Morgan fingerprint density at radius 3 is 2.00 bits per heavy atom. The summed E-state index contributed by atoms with van der Waals surface area (Å²) in [6.07, 6.45) is -1.52. The molecule has 6 N–H and O–H groups in total. The van der Waals surface area contributed by atoms with Gasteiger partial charge in [0.2, 0.25) is 5.91 Å². The number of aliphatic hydroxyl groups excluding tert-OH is 1. The molecule has 0 radical (unpaired) electrons. The first-order chi connectivity index (χ1) is 12.7. The molecule has 0 saturated heterocycles. The van der Waals surface area contributed by atoms with Crippen molar-refractivity contribution in [3.8, 4) is 0 Å². The molecule has 0 heterocycles. The van der Waals surface area contributed by atoms with Crippen LogP contribution in [0.2, 0.25) is 0 Å². The Labute approximate surface area is 166 Å². The van der Waals surface area contributed by atoms with Gasteiger partial charge < -0.3 is 30.9 Å². The second-order valence-electron chi connectivity index (χ2n) is 8.42. The number of carbonyl (C=O) groups is 3. The van der Waals surface area contributed by atoms with Crippen LogP contribution in [0, 0.1) is 0 Å². The van der Waals surface area contributed by atoms with Crippen LogP contribution < -0.4 is 21.7 Å². The van der Waals surface area contributed by atoms with Crippen LogP contribution in [0.15, 0.2) is 0 Å². The lowest BCUT2D eigenvalue weighted by Crippen LogP contribution is -2.50. The summed E-state index contributed by atoms with van der Waals surface area (Å²) in [5.41, 5.74) is 4.12. The number of nitrogens with one attached hydrogen (secondary N) is 3. The number of ether oxygens (including phenoxy) is 2. The fourth-order valence-corrected chi connectivity index (χ4v) is 2.00. The summed E-state index contributed by atoms with van der Waals surface area (Å²) in [6, 6.07) is -0.743. The minimum absolute atomic E-state index is 0.0206. The predicted molar refractivity (Wildman–Crippen MR) is 105 cm³/mol. The zero-order chi connectivity index (χ0) is 22.0. The van der Waals surface area contributed by atoms with Crippen molar-refractivity contribution < 1.29 is 29.0 Å². The van der Waals surface area contributed by atoms with Gasteiger partial charge in [-0.3, -0.25) is 10.1 Å². The van der Waals surface area contributed by atoms with E-state index in [1.807, 2.05) is 0 Å². The van der Waals surface area contributed by atoms with E-state index < -0.39 is 41.4 Å². The zero-order valence-corrected chi connectivity index (χ0v) is 17.8. The van der Waals surface area contributed by atoms with Crippen LogP contribution in [0.3, 0.4) is 0 Å². The highest BCUT2D eigenvalue weighted by Gasteiger charge is 2.24. The topological polar surface area (TPSA) is 152 Å². The van der Waals surface area contributed by atoms with E-state index in [2.05, 4.69) is 16.0 Å². The molecular weight excluding hydrogens is 368 g/mol. The van der Waals surface area contributed by atoms with Gasteiger partial charge in [0, 0.05) is 13.1 Å². The minimum Gasteiger partial charge on any atom is -0.444 e. The number of nitrogens with two attached hydrogens (primary N) is 1. The van der Waals surface area contributed by atoms with Gasteiger partial charge in [0.25, 0.3) is 0 Å². The molecule has 0 aromatic carbocycles. The molecular formula is C18H36N4O6.